The highest BCUT2D eigenvalue weighted by Crippen LogP contribution is 2.17. The van der Waals surface area contributed by atoms with Crippen LogP contribution in [-0.4, -0.2) is 24.9 Å². The molecule has 1 amide bonds. The van der Waals surface area contributed by atoms with Crippen LogP contribution in [0, 0.1) is 5.41 Å². The van der Waals surface area contributed by atoms with Crippen molar-refractivity contribution in [1.82, 2.24) is 10.6 Å². The standard InChI is InChI=1S/C14H22N2OS/c1-14(2,3)11-15-9-10-16-13(17)18-12-7-5-4-6-8-12/h4-8,15H,9-11H2,1-3H3,(H,16,17). The smallest absolute Gasteiger partial charge is 0.283 e. The molecule has 0 bridgehead atoms. The van der Waals surface area contributed by atoms with Crippen molar-refractivity contribution in [3.05, 3.63) is 30.3 Å². The summed E-state index contributed by atoms with van der Waals surface area (Å²) < 4.78 is 0. The average Bonchev–Trinajstić information content (AvgIpc) is 2.28. The maximum absolute atomic E-state index is 11.6. The van der Waals surface area contributed by atoms with E-state index >= 15 is 0 Å². The van der Waals surface area contributed by atoms with Crippen molar-refractivity contribution in [2.75, 3.05) is 19.6 Å². The minimum atomic E-state index is -0.00115. The maximum Gasteiger partial charge on any atom is 0.283 e. The third-order valence-electron chi connectivity index (χ3n) is 2.18. The molecule has 1 rings (SSSR count). The van der Waals surface area contributed by atoms with E-state index in [2.05, 4.69) is 31.4 Å². The zero-order chi connectivity index (χ0) is 13.4. The Kier molecular flexibility index (Phi) is 6.22. The van der Waals surface area contributed by atoms with Gasteiger partial charge in [0.15, 0.2) is 0 Å². The van der Waals surface area contributed by atoms with Gasteiger partial charge in [0.2, 0.25) is 0 Å². The third-order valence-corrected chi connectivity index (χ3v) is 3.02. The topological polar surface area (TPSA) is 41.1 Å². The number of carbonyl (C=O) groups excluding carboxylic acids is 1. The molecule has 0 unspecified atom stereocenters. The quantitative estimate of drug-likeness (QED) is 0.635. The molecule has 0 spiro atoms. The van der Waals surface area contributed by atoms with Crippen LogP contribution in [0.2, 0.25) is 0 Å². The zero-order valence-electron chi connectivity index (χ0n) is 11.3. The molecule has 0 aliphatic rings. The largest absolute Gasteiger partial charge is 0.345 e. The third kappa shape index (κ3) is 7.35. The average molecular weight is 266 g/mol. The van der Waals surface area contributed by atoms with Crippen LogP contribution in [0.3, 0.4) is 0 Å². The molecule has 4 heteroatoms. The van der Waals surface area contributed by atoms with Gasteiger partial charge in [-0.05, 0) is 29.3 Å². The second-order valence-corrected chi connectivity index (χ2v) is 6.41. The lowest BCUT2D eigenvalue weighted by atomic mass is 9.97. The normalized spacial score (nSPS) is 11.3. The van der Waals surface area contributed by atoms with Gasteiger partial charge in [0.05, 0.1) is 0 Å². The molecule has 100 valence electrons. The SMILES string of the molecule is CC(C)(C)CNCCNC(=O)Sc1ccccc1. The Labute approximate surface area is 114 Å². The summed E-state index contributed by atoms with van der Waals surface area (Å²) in [5, 5.41) is 6.20. The molecule has 0 saturated carbocycles. The highest BCUT2D eigenvalue weighted by atomic mass is 32.2. The van der Waals surface area contributed by atoms with Crippen molar-refractivity contribution in [2.24, 2.45) is 5.41 Å². The van der Waals surface area contributed by atoms with Crippen molar-refractivity contribution in [2.45, 2.75) is 25.7 Å². The van der Waals surface area contributed by atoms with Crippen molar-refractivity contribution < 1.29 is 4.79 Å². The first kappa shape index (κ1) is 15.1. The summed E-state index contributed by atoms with van der Waals surface area (Å²) in [5.74, 6) is 0. The molecule has 1 aromatic rings. The fourth-order valence-electron chi connectivity index (χ4n) is 1.35. The van der Waals surface area contributed by atoms with Gasteiger partial charge in [-0.2, -0.15) is 0 Å². The van der Waals surface area contributed by atoms with Gasteiger partial charge < -0.3 is 10.6 Å². The lowest BCUT2D eigenvalue weighted by Gasteiger charge is -2.18. The van der Waals surface area contributed by atoms with Crippen LogP contribution in [0.1, 0.15) is 20.8 Å². The molecule has 0 radical (unpaired) electrons. The Bertz CT molecular complexity index is 360. The van der Waals surface area contributed by atoms with Crippen LogP contribution in [0.15, 0.2) is 35.2 Å². The van der Waals surface area contributed by atoms with Gasteiger partial charge in [0.1, 0.15) is 0 Å². The van der Waals surface area contributed by atoms with Gasteiger partial charge in [0, 0.05) is 24.5 Å². The molecule has 3 nitrogen and oxygen atoms in total. The minimum Gasteiger partial charge on any atom is -0.345 e. The van der Waals surface area contributed by atoms with Crippen LogP contribution in [0.5, 0.6) is 0 Å². The van der Waals surface area contributed by atoms with E-state index < -0.39 is 0 Å². The number of hydrogen-bond acceptors (Lipinski definition) is 3. The Morgan fingerprint density at radius 3 is 2.44 bits per heavy atom. The molecule has 0 atom stereocenters. The van der Waals surface area contributed by atoms with Crippen LogP contribution < -0.4 is 10.6 Å². The summed E-state index contributed by atoms with van der Waals surface area (Å²) in [7, 11) is 0. The van der Waals surface area contributed by atoms with Crippen LogP contribution in [0.25, 0.3) is 0 Å². The van der Waals surface area contributed by atoms with Crippen LogP contribution in [0.4, 0.5) is 4.79 Å². The van der Waals surface area contributed by atoms with E-state index in [4.69, 9.17) is 0 Å². The van der Waals surface area contributed by atoms with Gasteiger partial charge in [-0.15, -0.1) is 0 Å². The second kappa shape index (κ2) is 7.44. The van der Waals surface area contributed by atoms with Crippen LogP contribution >= 0.6 is 11.8 Å². The Morgan fingerprint density at radius 1 is 1.17 bits per heavy atom. The predicted molar refractivity (Wildman–Crippen MR) is 78.0 cm³/mol. The Morgan fingerprint density at radius 2 is 1.83 bits per heavy atom. The molecule has 0 fully saturated rings. The fourth-order valence-corrected chi connectivity index (χ4v) is 2.03. The van der Waals surface area contributed by atoms with Crippen molar-refractivity contribution in [1.29, 1.82) is 0 Å². The summed E-state index contributed by atoms with van der Waals surface area (Å²) in [4.78, 5) is 12.6. The lowest BCUT2D eigenvalue weighted by Crippen LogP contribution is -2.34. The van der Waals surface area contributed by atoms with E-state index in [9.17, 15) is 4.79 Å². The highest BCUT2D eigenvalue weighted by Gasteiger charge is 2.08. The number of nitrogens with one attached hydrogen (secondary N) is 2. The highest BCUT2D eigenvalue weighted by molar-refractivity contribution is 8.13. The first-order valence-electron chi connectivity index (χ1n) is 6.19. The summed E-state index contributed by atoms with van der Waals surface area (Å²) in [5.41, 5.74) is 0.281. The number of amides is 1. The summed E-state index contributed by atoms with van der Waals surface area (Å²) in [6, 6.07) is 9.67. The Balaban J connectivity index is 2.11. The lowest BCUT2D eigenvalue weighted by molar-refractivity contribution is 0.260. The minimum absolute atomic E-state index is 0.00115. The molecule has 18 heavy (non-hydrogen) atoms. The maximum atomic E-state index is 11.6. The first-order chi connectivity index (χ1) is 8.47. The molecule has 1 aromatic carbocycles. The number of carbonyl (C=O) groups is 1. The van der Waals surface area contributed by atoms with Crippen molar-refractivity contribution in [3.8, 4) is 0 Å². The van der Waals surface area contributed by atoms with Gasteiger partial charge >= 0.3 is 0 Å². The van der Waals surface area contributed by atoms with Gasteiger partial charge in [-0.25, -0.2) is 0 Å². The number of thioether (sulfide) groups is 1. The molecule has 0 heterocycles. The summed E-state index contributed by atoms with van der Waals surface area (Å²) >= 11 is 1.23. The molecule has 0 aliphatic carbocycles. The first-order valence-corrected chi connectivity index (χ1v) is 7.00. The monoisotopic (exact) mass is 266 g/mol. The van der Waals surface area contributed by atoms with Gasteiger partial charge in [-0.3, -0.25) is 4.79 Å². The van der Waals surface area contributed by atoms with Gasteiger partial charge in [-0.1, -0.05) is 39.0 Å². The summed E-state index contributed by atoms with van der Waals surface area (Å²) in [6.07, 6.45) is 0. The summed E-state index contributed by atoms with van der Waals surface area (Å²) in [6.45, 7) is 8.97. The number of benzene rings is 1. The zero-order valence-corrected chi connectivity index (χ0v) is 12.1. The second-order valence-electron chi connectivity index (χ2n) is 5.37. The van der Waals surface area contributed by atoms with E-state index in [0.29, 0.717) is 6.54 Å². The van der Waals surface area contributed by atoms with Crippen LogP contribution in [-0.2, 0) is 0 Å². The van der Waals surface area contributed by atoms with E-state index in [0.717, 1.165) is 18.0 Å². The van der Waals surface area contributed by atoms with E-state index in [1.54, 1.807) is 0 Å². The molecule has 0 aromatic heterocycles. The molecule has 0 aliphatic heterocycles. The number of hydrogen-bond donors (Lipinski definition) is 2. The molecule has 2 N–H and O–H groups in total. The van der Waals surface area contributed by atoms with E-state index in [1.807, 2.05) is 30.3 Å². The molecule has 0 saturated heterocycles. The van der Waals surface area contributed by atoms with E-state index in [1.165, 1.54) is 11.8 Å². The molecular formula is C14H22N2OS. The predicted octanol–water partition coefficient (Wildman–Crippen LogP) is 3.12. The van der Waals surface area contributed by atoms with E-state index in [-0.39, 0.29) is 10.7 Å². The van der Waals surface area contributed by atoms with Crippen molar-refractivity contribution >= 4 is 17.0 Å². The Hall–Kier alpha value is -1.00. The fraction of sp³-hybridized carbons (Fsp3) is 0.500. The van der Waals surface area contributed by atoms with Crippen molar-refractivity contribution in [3.63, 3.8) is 0 Å². The van der Waals surface area contributed by atoms with Gasteiger partial charge in [0.25, 0.3) is 5.24 Å². The molecular weight excluding hydrogens is 244 g/mol. The number of rotatable bonds is 5.